The summed E-state index contributed by atoms with van der Waals surface area (Å²) in [6.07, 6.45) is 1.80. The molecule has 0 aromatic rings. The van der Waals surface area contributed by atoms with Crippen molar-refractivity contribution in [2.45, 2.75) is 33.6 Å². The number of hydrogen-bond donors (Lipinski definition) is 0. The SMILES string of the molecule is COC(=O)C1=C(C)N=C(C)C(C(=O)OC)[C@@H]1C(=O)OCC(=O)N1CCC(C)CC1. The largest absolute Gasteiger partial charge is 0.468 e. The van der Waals surface area contributed by atoms with Crippen LogP contribution >= 0.6 is 0 Å². The third-order valence-corrected chi connectivity index (χ3v) is 5.42. The van der Waals surface area contributed by atoms with Crippen molar-refractivity contribution < 1.29 is 33.4 Å². The Kier molecular flexibility index (Phi) is 7.53. The van der Waals surface area contributed by atoms with Gasteiger partial charge in [-0.3, -0.25) is 19.4 Å². The molecule has 2 atom stereocenters. The van der Waals surface area contributed by atoms with Crippen molar-refractivity contribution in [3.8, 4) is 0 Å². The standard InChI is InChI=1S/C20H28N2O7/c1-11-6-8-22(9-7-11)14(23)10-29-20(26)17-15(18(24)27-4)12(2)21-13(3)16(17)19(25)28-5/h11,15,17H,6-10H2,1-5H3/t15?,17-/m0/s1. The average Bonchev–Trinajstić information content (AvgIpc) is 2.70. The second-order valence-electron chi connectivity index (χ2n) is 7.39. The van der Waals surface area contributed by atoms with Gasteiger partial charge in [0.2, 0.25) is 0 Å². The number of carbonyl (C=O) groups excluding carboxylic acids is 4. The molecule has 0 aromatic heterocycles. The van der Waals surface area contributed by atoms with E-state index in [2.05, 4.69) is 11.9 Å². The Hall–Kier alpha value is -2.71. The van der Waals surface area contributed by atoms with Crippen LogP contribution in [0.25, 0.3) is 0 Å². The van der Waals surface area contributed by atoms with Gasteiger partial charge in [-0.2, -0.15) is 0 Å². The average molecular weight is 408 g/mol. The molecule has 0 radical (unpaired) electrons. The maximum atomic E-state index is 12.9. The van der Waals surface area contributed by atoms with Crippen LogP contribution < -0.4 is 0 Å². The molecule has 2 heterocycles. The fourth-order valence-electron chi connectivity index (χ4n) is 3.67. The number of carbonyl (C=O) groups is 4. The molecule has 29 heavy (non-hydrogen) atoms. The number of piperidine rings is 1. The lowest BCUT2D eigenvalue weighted by atomic mass is 9.80. The van der Waals surface area contributed by atoms with E-state index in [1.165, 1.54) is 14.2 Å². The molecule has 0 N–H and O–H groups in total. The lowest BCUT2D eigenvalue weighted by Gasteiger charge is -2.31. The number of aliphatic imine (C=N–C) groups is 1. The summed E-state index contributed by atoms with van der Waals surface area (Å²) in [5.41, 5.74) is 0.505. The molecule has 1 unspecified atom stereocenters. The number of hydrogen-bond acceptors (Lipinski definition) is 8. The molecule has 0 aromatic carbocycles. The van der Waals surface area contributed by atoms with E-state index >= 15 is 0 Å². The summed E-state index contributed by atoms with van der Waals surface area (Å²) in [5.74, 6) is -4.54. The minimum Gasteiger partial charge on any atom is -0.468 e. The lowest BCUT2D eigenvalue weighted by molar-refractivity contribution is -0.160. The van der Waals surface area contributed by atoms with Crippen molar-refractivity contribution in [2.24, 2.45) is 22.7 Å². The van der Waals surface area contributed by atoms with Crippen molar-refractivity contribution in [2.75, 3.05) is 33.9 Å². The van der Waals surface area contributed by atoms with E-state index in [1.807, 2.05) is 0 Å². The number of nitrogens with zero attached hydrogens (tertiary/aromatic N) is 2. The number of allylic oxidation sites excluding steroid dienone is 1. The molecule has 1 fully saturated rings. The van der Waals surface area contributed by atoms with E-state index in [0.717, 1.165) is 12.8 Å². The Bertz CT molecular complexity index is 748. The molecule has 1 amide bonds. The first-order valence-corrected chi connectivity index (χ1v) is 9.57. The van der Waals surface area contributed by atoms with Gasteiger partial charge in [0.25, 0.3) is 5.91 Å². The fraction of sp³-hybridized carbons (Fsp3) is 0.650. The molecule has 2 rings (SSSR count). The molecule has 1 saturated heterocycles. The van der Waals surface area contributed by atoms with Gasteiger partial charge in [0, 0.05) is 24.5 Å². The predicted molar refractivity (Wildman–Crippen MR) is 103 cm³/mol. The zero-order valence-electron chi connectivity index (χ0n) is 17.5. The molecule has 0 spiro atoms. The van der Waals surface area contributed by atoms with Crippen molar-refractivity contribution in [3.63, 3.8) is 0 Å². The summed E-state index contributed by atoms with van der Waals surface area (Å²) in [6, 6.07) is 0. The third kappa shape index (κ3) is 5.02. The number of esters is 3. The van der Waals surface area contributed by atoms with Crippen LogP contribution in [0.1, 0.15) is 33.6 Å². The molecule has 0 saturated carbocycles. The summed E-state index contributed by atoms with van der Waals surface area (Å²) in [5, 5.41) is 0. The van der Waals surface area contributed by atoms with E-state index in [1.54, 1.807) is 18.7 Å². The van der Waals surface area contributed by atoms with E-state index in [4.69, 9.17) is 14.2 Å². The minimum absolute atomic E-state index is 0.0715. The topological polar surface area (TPSA) is 112 Å². The van der Waals surface area contributed by atoms with Crippen LogP contribution in [0.5, 0.6) is 0 Å². The Morgan fingerprint density at radius 2 is 1.62 bits per heavy atom. The minimum atomic E-state index is -1.29. The summed E-state index contributed by atoms with van der Waals surface area (Å²) in [6.45, 7) is 6.02. The maximum absolute atomic E-state index is 12.9. The van der Waals surface area contributed by atoms with E-state index < -0.39 is 36.4 Å². The molecule has 2 aliphatic heterocycles. The van der Waals surface area contributed by atoms with Crippen LogP contribution in [0.15, 0.2) is 16.3 Å². The van der Waals surface area contributed by atoms with Crippen LogP contribution in [0.3, 0.4) is 0 Å². The van der Waals surface area contributed by atoms with Gasteiger partial charge in [-0.1, -0.05) is 6.92 Å². The number of amides is 1. The van der Waals surface area contributed by atoms with Crippen LogP contribution in [-0.2, 0) is 33.4 Å². The van der Waals surface area contributed by atoms with Gasteiger partial charge in [-0.15, -0.1) is 0 Å². The second-order valence-corrected chi connectivity index (χ2v) is 7.39. The Morgan fingerprint density at radius 3 is 2.17 bits per heavy atom. The van der Waals surface area contributed by atoms with Gasteiger partial charge in [0.05, 0.1) is 19.8 Å². The number of rotatable bonds is 5. The monoisotopic (exact) mass is 408 g/mol. The normalized spacial score (nSPS) is 22.7. The smallest absolute Gasteiger partial charge is 0.336 e. The number of methoxy groups -OCH3 is 2. The Labute approximate surface area is 170 Å². The molecule has 2 aliphatic rings. The quantitative estimate of drug-likeness (QED) is 0.495. The zero-order valence-corrected chi connectivity index (χ0v) is 17.5. The van der Waals surface area contributed by atoms with Gasteiger partial charge in [-0.05, 0) is 32.6 Å². The number of likely N-dealkylation sites (tertiary alicyclic amines) is 1. The second kappa shape index (κ2) is 9.67. The molecular formula is C20H28N2O7. The highest BCUT2D eigenvalue weighted by Crippen LogP contribution is 2.33. The fourth-order valence-corrected chi connectivity index (χ4v) is 3.67. The van der Waals surface area contributed by atoms with Crippen LogP contribution in [-0.4, -0.2) is 68.3 Å². The summed E-state index contributed by atoms with van der Waals surface area (Å²) < 4.78 is 14.8. The first kappa shape index (κ1) is 22.6. The van der Waals surface area contributed by atoms with E-state index in [0.29, 0.717) is 24.7 Å². The first-order valence-electron chi connectivity index (χ1n) is 9.57. The van der Waals surface area contributed by atoms with Gasteiger partial charge < -0.3 is 19.1 Å². The molecule has 9 nitrogen and oxygen atoms in total. The highest BCUT2D eigenvalue weighted by Gasteiger charge is 2.46. The van der Waals surface area contributed by atoms with Crippen molar-refractivity contribution >= 4 is 29.5 Å². The van der Waals surface area contributed by atoms with Crippen LogP contribution in [0.4, 0.5) is 0 Å². The molecule has 0 bridgehead atoms. The van der Waals surface area contributed by atoms with Gasteiger partial charge in [-0.25, -0.2) is 4.79 Å². The molecule has 9 heteroatoms. The first-order chi connectivity index (χ1) is 13.7. The zero-order chi connectivity index (χ0) is 21.7. The highest BCUT2D eigenvalue weighted by atomic mass is 16.5. The van der Waals surface area contributed by atoms with Gasteiger partial charge in [0.1, 0.15) is 11.8 Å². The van der Waals surface area contributed by atoms with Crippen molar-refractivity contribution in [1.29, 1.82) is 0 Å². The summed E-state index contributed by atoms with van der Waals surface area (Å²) >= 11 is 0. The van der Waals surface area contributed by atoms with Crippen molar-refractivity contribution in [1.82, 2.24) is 4.90 Å². The predicted octanol–water partition coefficient (Wildman–Crippen LogP) is 1.11. The van der Waals surface area contributed by atoms with Crippen molar-refractivity contribution in [3.05, 3.63) is 11.3 Å². The van der Waals surface area contributed by atoms with Crippen LogP contribution in [0, 0.1) is 17.8 Å². The summed E-state index contributed by atoms with van der Waals surface area (Å²) in [4.78, 5) is 55.7. The maximum Gasteiger partial charge on any atom is 0.336 e. The highest BCUT2D eigenvalue weighted by molar-refractivity contribution is 6.10. The molecule has 160 valence electrons. The van der Waals surface area contributed by atoms with Gasteiger partial charge >= 0.3 is 17.9 Å². The van der Waals surface area contributed by atoms with Gasteiger partial charge in [0.15, 0.2) is 6.61 Å². The lowest BCUT2D eigenvalue weighted by Crippen LogP contribution is -2.44. The van der Waals surface area contributed by atoms with E-state index in [9.17, 15) is 19.2 Å². The third-order valence-electron chi connectivity index (χ3n) is 5.42. The van der Waals surface area contributed by atoms with E-state index in [-0.39, 0.29) is 17.2 Å². The number of ether oxygens (including phenoxy) is 3. The summed E-state index contributed by atoms with van der Waals surface area (Å²) in [7, 11) is 2.35. The molecular weight excluding hydrogens is 380 g/mol. The van der Waals surface area contributed by atoms with Crippen LogP contribution in [0.2, 0.25) is 0 Å². The molecule has 0 aliphatic carbocycles. The Balaban J connectivity index is 2.20. The Morgan fingerprint density at radius 1 is 1.00 bits per heavy atom.